The Kier molecular flexibility index (Phi) is 4.84. The molecule has 1 N–H and O–H groups in total. The number of imidazole rings is 1. The van der Waals surface area contributed by atoms with Crippen molar-refractivity contribution in [2.45, 2.75) is 53.5 Å². The van der Waals surface area contributed by atoms with Crippen LogP contribution in [0.2, 0.25) is 0 Å². The number of hydrogen-bond donors (Lipinski definition) is 1. The molecule has 2 aromatic heterocycles. The van der Waals surface area contributed by atoms with Crippen LogP contribution in [0.4, 0.5) is 5.95 Å². The van der Waals surface area contributed by atoms with Crippen LogP contribution in [0.25, 0.3) is 11.2 Å². The standard InChI is InChI=1S/C16H22N4O.CH4/c1-10(2)11(3)15(21)19-16-18-13-8-5-9-17-14(13)20(16)12-6-4-7-12;/h5,8-12H,4,6-7H2,1-3H3,(H,18,19,21);1H4/t11-;/m0./s1. The highest BCUT2D eigenvalue weighted by atomic mass is 16.2. The summed E-state index contributed by atoms with van der Waals surface area (Å²) in [6.45, 7) is 6.07. The number of carbonyl (C=O) groups is 1. The van der Waals surface area contributed by atoms with Crippen LogP contribution >= 0.6 is 0 Å². The summed E-state index contributed by atoms with van der Waals surface area (Å²) in [6.07, 6.45) is 5.27. The second-order valence-corrected chi connectivity index (χ2v) is 6.26. The molecule has 1 amide bonds. The molecule has 1 fully saturated rings. The van der Waals surface area contributed by atoms with Gasteiger partial charge in [-0.05, 0) is 37.3 Å². The van der Waals surface area contributed by atoms with Gasteiger partial charge in [-0.3, -0.25) is 14.7 Å². The zero-order valence-corrected chi connectivity index (χ0v) is 12.8. The SMILES string of the molecule is C.CC(C)[C@H](C)C(=O)Nc1nc2cccnc2n1C1CCC1. The monoisotopic (exact) mass is 302 g/mol. The lowest BCUT2D eigenvalue weighted by Gasteiger charge is -2.28. The van der Waals surface area contributed by atoms with Crippen molar-refractivity contribution in [3.63, 3.8) is 0 Å². The zero-order valence-electron chi connectivity index (χ0n) is 12.8. The van der Waals surface area contributed by atoms with Crippen molar-refractivity contribution < 1.29 is 4.79 Å². The van der Waals surface area contributed by atoms with E-state index in [2.05, 4.69) is 33.7 Å². The minimum Gasteiger partial charge on any atom is -0.296 e. The molecule has 0 radical (unpaired) electrons. The average Bonchev–Trinajstić information content (AvgIpc) is 2.74. The van der Waals surface area contributed by atoms with Crippen molar-refractivity contribution in [3.05, 3.63) is 18.3 Å². The minimum absolute atomic E-state index is 0. The Morgan fingerprint density at radius 2 is 2.09 bits per heavy atom. The Morgan fingerprint density at radius 1 is 1.36 bits per heavy atom. The zero-order chi connectivity index (χ0) is 15.0. The van der Waals surface area contributed by atoms with Gasteiger partial charge in [-0.1, -0.05) is 28.2 Å². The third-order valence-electron chi connectivity index (χ3n) is 4.54. The summed E-state index contributed by atoms with van der Waals surface area (Å²) in [5, 5.41) is 3.00. The largest absolute Gasteiger partial charge is 0.296 e. The van der Waals surface area contributed by atoms with Gasteiger partial charge in [-0.25, -0.2) is 9.97 Å². The molecule has 5 heteroatoms. The van der Waals surface area contributed by atoms with Gasteiger partial charge in [-0.15, -0.1) is 0 Å². The molecule has 22 heavy (non-hydrogen) atoms. The highest BCUT2D eigenvalue weighted by Crippen LogP contribution is 2.36. The number of pyridine rings is 1. The van der Waals surface area contributed by atoms with Crippen molar-refractivity contribution in [2.75, 3.05) is 5.32 Å². The molecule has 0 saturated heterocycles. The lowest BCUT2D eigenvalue weighted by molar-refractivity contribution is -0.120. The first-order valence-corrected chi connectivity index (χ1v) is 7.71. The maximum Gasteiger partial charge on any atom is 0.229 e. The number of nitrogens with one attached hydrogen (secondary N) is 1. The molecule has 2 aromatic rings. The lowest BCUT2D eigenvalue weighted by Crippen LogP contribution is -2.27. The maximum atomic E-state index is 12.3. The lowest BCUT2D eigenvalue weighted by atomic mass is 9.93. The summed E-state index contributed by atoms with van der Waals surface area (Å²) in [6, 6.07) is 4.23. The maximum absolute atomic E-state index is 12.3. The molecule has 1 aliphatic rings. The number of hydrogen-bond acceptors (Lipinski definition) is 3. The average molecular weight is 302 g/mol. The Morgan fingerprint density at radius 3 is 2.68 bits per heavy atom. The summed E-state index contributed by atoms with van der Waals surface area (Å²) in [5.41, 5.74) is 1.71. The summed E-state index contributed by atoms with van der Waals surface area (Å²) in [4.78, 5) is 21.3. The normalized spacial score (nSPS) is 16.2. The Hall–Kier alpha value is -1.91. The molecule has 1 atom stereocenters. The molecule has 0 bridgehead atoms. The first-order valence-electron chi connectivity index (χ1n) is 7.71. The molecule has 120 valence electrons. The topological polar surface area (TPSA) is 59.8 Å². The van der Waals surface area contributed by atoms with Crippen LogP contribution in [0.5, 0.6) is 0 Å². The van der Waals surface area contributed by atoms with Gasteiger partial charge in [0.05, 0.1) is 0 Å². The Balaban J connectivity index is 0.00000176. The van der Waals surface area contributed by atoms with Crippen LogP contribution in [0, 0.1) is 11.8 Å². The van der Waals surface area contributed by atoms with Crippen LogP contribution in [-0.2, 0) is 4.79 Å². The summed E-state index contributed by atoms with van der Waals surface area (Å²) < 4.78 is 2.10. The number of anilines is 1. The highest BCUT2D eigenvalue weighted by Gasteiger charge is 2.27. The van der Waals surface area contributed by atoms with Crippen molar-refractivity contribution >= 4 is 23.0 Å². The number of nitrogens with zero attached hydrogens (tertiary/aromatic N) is 3. The predicted molar refractivity (Wildman–Crippen MR) is 89.8 cm³/mol. The summed E-state index contributed by atoms with van der Waals surface area (Å²) in [5.74, 6) is 0.948. The fourth-order valence-electron chi connectivity index (χ4n) is 2.54. The smallest absolute Gasteiger partial charge is 0.229 e. The molecule has 2 heterocycles. The Labute approximate surface area is 132 Å². The van der Waals surface area contributed by atoms with Crippen molar-refractivity contribution in [1.29, 1.82) is 0 Å². The molecule has 1 aliphatic carbocycles. The molecule has 0 unspecified atom stereocenters. The van der Waals surface area contributed by atoms with Gasteiger partial charge < -0.3 is 0 Å². The molecule has 0 aromatic carbocycles. The molecular formula is C17H26N4O. The van der Waals surface area contributed by atoms with Gasteiger partial charge in [0.2, 0.25) is 11.9 Å². The van der Waals surface area contributed by atoms with Crippen molar-refractivity contribution in [2.24, 2.45) is 11.8 Å². The van der Waals surface area contributed by atoms with E-state index < -0.39 is 0 Å². The van der Waals surface area contributed by atoms with Gasteiger partial charge in [0.25, 0.3) is 0 Å². The molecule has 5 nitrogen and oxygen atoms in total. The second-order valence-electron chi connectivity index (χ2n) is 6.26. The fraction of sp³-hybridized carbons (Fsp3) is 0.588. The van der Waals surface area contributed by atoms with Gasteiger partial charge in [-0.2, -0.15) is 0 Å². The first-order chi connectivity index (χ1) is 10.1. The van der Waals surface area contributed by atoms with Crippen LogP contribution < -0.4 is 5.32 Å². The van der Waals surface area contributed by atoms with Crippen LogP contribution in [0.3, 0.4) is 0 Å². The molecule has 0 spiro atoms. The van der Waals surface area contributed by atoms with Gasteiger partial charge in [0, 0.05) is 18.2 Å². The van der Waals surface area contributed by atoms with Gasteiger partial charge in [0.1, 0.15) is 5.52 Å². The van der Waals surface area contributed by atoms with Crippen LogP contribution in [0.1, 0.15) is 53.5 Å². The van der Waals surface area contributed by atoms with Gasteiger partial charge in [0.15, 0.2) is 5.65 Å². The van der Waals surface area contributed by atoms with E-state index in [-0.39, 0.29) is 19.3 Å². The van der Waals surface area contributed by atoms with E-state index in [1.807, 2.05) is 19.1 Å². The van der Waals surface area contributed by atoms with Gasteiger partial charge >= 0.3 is 0 Å². The molecular weight excluding hydrogens is 276 g/mol. The number of fused-ring (bicyclic) bond motifs is 1. The number of rotatable bonds is 4. The quantitative estimate of drug-likeness (QED) is 0.927. The van der Waals surface area contributed by atoms with Crippen LogP contribution in [-0.4, -0.2) is 20.4 Å². The highest BCUT2D eigenvalue weighted by molar-refractivity contribution is 5.92. The number of amides is 1. The molecule has 0 aliphatic heterocycles. The van der Waals surface area contributed by atoms with E-state index in [0.717, 1.165) is 24.0 Å². The third kappa shape index (κ3) is 2.85. The number of carbonyl (C=O) groups excluding carboxylic acids is 1. The fourth-order valence-corrected chi connectivity index (χ4v) is 2.54. The second kappa shape index (κ2) is 6.46. The summed E-state index contributed by atoms with van der Waals surface area (Å²) >= 11 is 0. The number of aromatic nitrogens is 3. The van der Waals surface area contributed by atoms with E-state index in [1.165, 1.54) is 6.42 Å². The minimum atomic E-state index is -0.0346. The first kappa shape index (κ1) is 16.5. The molecule has 1 saturated carbocycles. The van der Waals surface area contributed by atoms with E-state index in [9.17, 15) is 4.79 Å². The van der Waals surface area contributed by atoms with Crippen molar-refractivity contribution in [3.8, 4) is 0 Å². The summed E-state index contributed by atoms with van der Waals surface area (Å²) in [7, 11) is 0. The third-order valence-corrected chi connectivity index (χ3v) is 4.54. The predicted octanol–water partition coefficient (Wildman–Crippen LogP) is 4.02. The van der Waals surface area contributed by atoms with Crippen molar-refractivity contribution in [1.82, 2.24) is 14.5 Å². The molecule has 3 rings (SSSR count). The van der Waals surface area contributed by atoms with E-state index >= 15 is 0 Å². The van der Waals surface area contributed by atoms with E-state index in [1.54, 1.807) is 6.20 Å². The van der Waals surface area contributed by atoms with E-state index in [4.69, 9.17) is 0 Å². The van der Waals surface area contributed by atoms with E-state index in [0.29, 0.717) is 17.9 Å². The Bertz CT molecular complexity index is 658. The van der Waals surface area contributed by atoms with Crippen LogP contribution in [0.15, 0.2) is 18.3 Å².